The topological polar surface area (TPSA) is 32.3 Å². The predicted molar refractivity (Wildman–Crippen MR) is 77.3 cm³/mol. The number of nitrogens with zero attached hydrogens (tertiary/aromatic N) is 4. The Bertz CT molecular complexity index is 342. The van der Waals surface area contributed by atoms with E-state index in [1.807, 2.05) is 0 Å². The van der Waals surface area contributed by atoms with Gasteiger partial charge in [-0.3, -0.25) is 4.98 Å². The van der Waals surface area contributed by atoms with Crippen molar-refractivity contribution in [1.82, 2.24) is 14.9 Å². The minimum absolute atomic E-state index is 0.453. The lowest BCUT2D eigenvalue weighted by atomic mass is 10.3. The van der Waals surface area contributed by atoms with Crippen molar-refractivity contribution in [2.24, 2.45) is 0 Å². The van der Waals surface area contributed by atoms with Crippen LogP contribution in [0.5, 0.6) is 0 Å². The predicted octanol–water partition coefficient (Wildman–Crippen LogP) is 2.69. The molecule has 1 rings (SSSR count). The summed E-state index contributed by atoms with van der Waals surface area (Å²) >= 11 is 5.87. The van der Waals surface area contributed by atoms with Gasteiger partial charge in [-0.05, 0) is 33.0 Å². The highest BCUT2D eigenvalue weighted by atomic mass is 35.5. The molecule has 0 N–H and O–H groups in total. The van der Waals surface area contributed by atoms with Crippen LogP contribution in [0.2, 0.25) is 5.15 Å². The molecule has 1 aromatic rings. The second-order valence-electron chi connectivity index (χ2n) is 4.16. The summed E-state index contributed by atoms with van der Waals surface area (Å²) in [6.07, 6.45) is 4.46. The highest BCUT2D eigenvalue weighted by Gasteiger charge is 2.07. The molecule has 0 radical (unpaired) electrons. The maximum Gasteiger partial charge on any atom is 0.149 e. The van der Waals surface area contributed by atoms with Crippen molar-refractivity contribution in [3.63, 3.8) is 0 Å². The summed E-state index contributed by atoms with van der Waals surface area (Å²) in [5.41, 5.74) is 0. The van der Waals surface area contributed by atoms with Crippen LogP contribution in [-0.4, -0.2) is 47.6 Å². The number of rotatable bonds is 8. The molecule has 5 heteroatoms. The van der Waals surface area contributed by atoms with E-state index in [1.54, 1.807) is 12.4 Å². The normalized spacial score (nSPS) is 10.9. The van der Waals surface area contributed by atoms with E-state index in [4.69, 9.17) is 11.6 Å². The van der Waals surface area contributed by atoms with Gasteiger partial charge in [-0.1, -0.05) is 25.4 Å². The van der Waals surface area contributed by atoms with Crippen molar-refractivity contribution >= 4 is 17.4 Å². The molecule has 102 valence electrons. The highest BCUT2D eigenvalue weighted by Crippen LogP contribution is 2.12. The molecule has 0 bridgehead atoms. The van der Waals surface area contributed by atoms with Gasteiger partial charge in [0.2, 0.25) is 0 Å². The number of hydrogen-bond acceptors (Lipinski definition) is 4. The van der Waals surface area contributed by atoms with Crippen LogP contribution in [0, 0.1) is 0 Å². The van der Waals surface area contributed by atoms with Gasteiger partial charge in [0.1, 0.15) is 11.0 Å². The van der Waals surface area contributed by atoms with E-state index in [0.29, 0.717) is 5.15 Å². The van der Waals surface area contributed by atoms with Crippen molar-refractivity contribution < 1.29 is 0 Å². The second kappa shape index (κ2) is 8.27. The lowest BCUT2D eigenvalue weighted by molar-refractivity contribution is 0.300. The van der Waals surface area contributed by atoms with Crippen molar-refractivity contribution in [1.29, 1.82) is 0 Å². The van der Waals surface area contributed by atoms with E-state index in [1.165, 1.54) is 0 Å². The highest BCUT2D eigenvalue weighted by molar-refractivity contribution is 6.29. The van der Waals surface area contributed by atoms with Gasteiger partial charge in [0.15, 0.2) is 0 Å². The molecule has 0 spiro atoms. The standard InChI is InChI=1S/C13H23ClN4/c1-4-17(5-2)8-7-9-18(6-3)13-11-15-10-12(14)16-13/h10-11H,4-9H2,1-3H3. The van der Waals surface area contributed by atoms with Crippen LogP contribution in [0.25, 0.3) is 0 Å². The molecule has 4 nitrogen and oxygen atoms in total. The third-order valence-corrected chi connectivity index (χ3v) is 3.28. The molecule has 0 atom stereocenters. The van der Waals surface area contributed by atoms with Gasteiger partial charge in [0, 0.05) is 13.1 Å². The van der Waals surface area contributed by atoms with E-state index in [-0.39, 0.29) is 0 Å². The van der Waals surface area contributed by atoms with Gasteiger partial charge in [0.25, 0.3) is 0 Å². The third kappa shape index (κ3) is 4.78. The lowest BCUT2D eigenvalue weighted by Crippen LogP contribution is -2.30. The van der Waals surface area contributed by atoms with Gasteiger partial charge in [-0.2, -0.15) is 0 Å². The van der Waals surface area contributed by atoms with E-state index in [0.717, 1.165) is 45.0 Å². The maximum atomic E-state index is 5.87. The third-order valence-electron chi connectivity index (χ3n) is 3.09. The smallest absolute Gasteiger partial charge is 0.149 e. The molecule has 1 aromatic heterocycles. The van der Waals surface area contributed by atoms with Crippen molar-refractivity contribution in [2.45, 2.75) is 27.2 Å². The average Bonchev–Trinajstić information content (AvgIpc) is 2.39. The maximum absolute atomic E-state index is 5.87. The monoisotopic (exact) mass is 270 g/mol. The summed E-state index contributed by atoms with van der Waals surface area (Å²) in [7, 11) is 0. The van der Waals surface area contributed by atoms with Crippen molar-refractivity contribution in [3.8, 4) is 0 Å². The molecule has 0 saturated carbocycles. The summed E-state index contributed by atoms with van der Waals surface area (Å²) in [6.45, 7) is 11.8. The Morgan fingerprint density at radius 2 is 1.78 bits per heavy atom. The minimum atomic E-state index is 0.453. The fourth-order valence-corrected chi connectivity index (χ4v) is 2.09. The van der Waals surface area contributed by atoms with Crippen molar-refractivity contribution in [2.75, 3.05) is 37.6 Å². The Hall–Kier alpha value is -0.870. The van der Waals surface area contributed by atoms with Gasteiger partial charge in [-0.15, -0.1) is 0 Å². The molecule has 0 saturated heterocycles. The lowest BCUT2D eigenvalue weighted by Gasteiger charge is -2.24. The van der Waals surface area contributed by atoms with Crippen LogP contribution >= 0.6 is 11.6 Å². The quantitative estimate of drug-likeness (QED) is 0.727. The van der Waals surface area contributed by atoms with Crippen molar-refractivity contribution in [3.05, 3.63) is 17.5 Å². The summed E-state index contributed by atoms with van der Waals surface area (Å²) < 4.78 is 0. The zero-order chi connectivity index (χ0) is 13.4. The molecular formula is C13H23ClN4. The average molecular weight is 271 g/mol. The Kier molecular flexibility index (Phi) is 6.98. The summed E-state index contributed by atoms with van der Waals surface area (Å²) in [5.74, 6) is 0.865. The van der Waals surface area contributed by atoms with Gasteiger partial charge in [0.05, 0.1) is 12.4 Å². The first-order valence-electron chi connectivity index (χ1n) is 6.66. The van der Waals surface area contributed by atoms with Crippen LogP contribution < -0.4 is 4.90 Å². The molecule has 0 unspecified atom stereocenters. The van der Waals surface area contributed by atoms with Gasteiger partial charge < -0.3 is 9.80 Å². The largest absolute Gasteiger partial charge is 0.356 e. The van der Waals surface area contributed by atoms with Crippen LogP contribution in [0.1, 0.15) is 27.2 Å². The molecule has 18 heavy (non-hydrogen) atoms. The first-order valence-corrected chi connectivity index (χ1v) is 7.03. The molecule has 0 fully saturated rings. The van der Waals surface area contributed by atoms with Crippen LogP contribution in [0.4, 0.5) is 5.82 Å². The van der Waals surface area contributed by atoms with E-state index in [9.17, 15) is 0 Å². The van der Waals surface area contributed by atoms with E-state index >= 15 is 0 Å². The number of hydrogen-bond donors (Lipinski definition) is 0. The zero-order valence-corrected chi connectivity index (χ0v) is 12.3. The fourth-order valence-electron chi connectivity index (χ4n) is 1.94. The SMILES string of the molecule is CCN(CC)CCCN(CC)c1cncc(Cl)n1. The van der Waals surface area contributed by atoms with Crippen LogP contribution in [-0.2, 0) is 0 Å². The molecule has 0 aliphatic heterocycles. The van der Waals surface area contributed by atoms with Crippen LogP contribution in [0.3, 0.4) is 0 Å². The summed E-state index contributed by atoms with van der Waals surface area (Å²) in [6, 6.07) is 0. The molecule has 0 amide bonds. The van der Waals surface area contributed by atoms with E-state index < -0.39 is 0 Å². The fraction of sp³-hybridized carbons (Fsp3) is 0.692. The zero-order valence-electron chi connectivity index (χ0n) is 11.6. The Morgan fingerprint density at radius 3 is 2.33 bits per heavy atom. The molecule has 1 heterocycles. The van der Waals surface area contributed by atoms with Crippen LogP contribution in [0.15, 0.2) is 12.4 Å². The number of halogens is 1. The second-order valence-corrected chi connectivity index (χ2v) is 4.55. The molecular weight excluding hydrogens is 248 g/mol. The number of anilines is 1. The number of aromatic nitrogens is 2. The first kappa shape index (κ1) is 15.2. The van der Waals surface area contributed by atoms with E-state index in [2.05, 4.69) is 40.5 Å². The molecule has 0 aliphatic carbocycles. The Morgan fingerprint density at radius 1 is 1.06 bits per heavy atom. The van der Waals surface area contributed by atoms with Gasteiger partial charge in [-0.25, -0.2) is 4.98 Å². The summed E-state index contributed by atoms with van der Waals surface area (Å²) in [5, 5.41) is 0.453. The first-order chi connectivity index (χ1) is 8.71. The molecule has 0 aliphatic rings. The Labute approximate surface area is 115 Å². The summed E-state index contributed by atoms with van der Waals surface area (Å²) in [4.78, 5) is 13.0. The minimum Gasteiger partial charge on any atom is -0.356 e. The van der Waals surface area contributed by atoms with Gasteiger partial charge >= 0.3 is 0 Å². The Balaban J connectivity index is 2.47. The molecule has 0 aromatic carbocycles.